The number of hydrogen-bond donors (Lipinski definition) is 1. The summed E-state index contributed by atoms with van der Waals surface area (Å²) >= 11 is 0. The lowest BCUT2D eigenvalue weighted by molar-refractivity contribution is 0.0946. The SMILES string of the molecule is O=C(NCc1ccnc(-n2ccnc2)c1)c1ccnc(OC2CCC2)c1. The van der Waals surface area contributed by atoms with Crippen LogP contribution in [0.2, 0.25) is 0 Å². The zero-order valence-corrected chi connectivity index (χ0v) is 14.2. The fourth-order valence-electron chi connectivity index (χ4n) is 2.67. The maximum absolute atomic E-state index is 12.4. The van der Waals surface area contributed by atoms with Crippen LogP contribution in [-0.4, -0.2) is 31.5 Å². The fourth-order valence-corrected chi connectivity index (χ4v) is 2.67. The van der Waals surface area contributed by atoms with Crippen LogP contribution in [0.5, 0.6) is 5.88 Å². The number of rotatable bonds is 6. The summed E-state index contributed by atoms with van der Waals surface area (Å²) in [6, 6.07) is 7.17. The topological polar surface area (TPSA) is 81.9 Å². The van der Waals surface area contributed by atoms with Crippen molar-refractivity contribution >= 4 is 5.91 Å². The first-order valence-electron chi connectivity index (χ1n) is 8.62. The highest BCUT2D eigenvalue weighted by Crippen LogP contribution is 2.24. The van der Waals surface area contributed by atoms with Gasteiger partial charge in [-0.05, 0) is 43.0 Å². The predicted octanol–water partition coefficient (Wildman–Crippen LogP) is 2.52. The van der Waals surface area contributed by atoms with Gasteiger partial charge in [0.15, 0.2) is 0 Å². The minimum absolute atomic E-state index is 0.160. The number of nitrogens with zero attached hydrogens (tertiary/aromatic N) is 4. The van der Waals surface area contributed by atoms with E-state index >= 15 is 0 Å². The highest BCUT2D eigenvalue weighted by molar-refractivity contribution is 5.94. The molecule has 1 N–H and O–H groups in total. The van der Waals surface area contributed by atoms with E-state index in [0.717, 1.165) is 24.2 Å². The second kappa shape index (κ2) is 7.35. The van der Waals surface area contributed by atoms with Crippen LogP contribution in [0.25, 0.3) is 5.82 Å². The van der Waals surface area contributed by atoms with Crippen molar-refractivity contribution in [3.8, 4) is 11.7 Å². The van der Waals surface area contributed by atoms with Crippen molar-refractivity contribution in [2.24, 2.45) is 0 Å². The smallest absolute Gasteiger partial charge is 0.251 e. The zero-order chi connectivity index (χ0) is 17.8. The van der Waals surface area contributed by atoms with E-state index in [0.29, 0.717) is 18.0 Å². The monoisotopic (exact) mass is 349 g/mol. The second-order valence-electron chi connectivity index (χ2n) is 6.23. The Morgan fingerprint density at radius 3 is 2.85 bits per heavy atom. The van der Waals surface area contributed by atoms with Gasteiger partial charge in [-0.2, -0.15) is 0 Å². The third-order valence-electron chi connectivity index (χ3n) is 4.37. The molecule has 1 aliphatic rings. The maximum atomic E-state index is 12.4. The summed E-state index contributed by atoms with van der Waals surface area (Å²) in [6.45, 7) is 0.407. The standard InChI is InChI=1S/C19H19N5O2/c25-19(15-5-7-22-18(11-15)26-16-2-1-3-16)23-12-14-4-6-21-17(10-14)24-9-8-20-13-24/h4-11,13,16H,1-3,12H2,(H,23,25). The van der Waals surface area contributed by atoms with Gasteiger partial charge in [0.25, 0.3) is 5.91 Å². The second-order valence-corrected chi connectivity index (χ2v) is 6.23. The molecule has 0 radical (unpaired) electrons. The largest absolute Gasteiger partial charge is 0.474 e. The molecule has 3 heterocycles. The molecule has 1 fully saturated rings. The van der Waals surface area contributed by atoms with E-state index in [1.54, 1.807) is 37.1 Å². The first-order valence-corrected chi connectivity index (χ1v) is 8.62. The predicted molar refractivity (Wildman–Crippen MR) is 95.0 cm³/mol. The molecule has 0 unspecified atom stereocenters. The Kier molecular flexibility index (Phi) is 4.59. The van der Waals surface area contributed by atoms with Gasteiger partial charge in [-0.15, -0.1) is 0 Å². The Hall–Kier alpha value is -3.22. The molecule has 3 aromatic rings. The number of aromatic nitrogens is 4. The molecular formula is C19H19N5O2. The van der Waals surface area contributed by atoms with Crippen LogP contribution in [0.3, 0.4) is 0 Å². The quantitative estimate of drug-likeness (QED) is 0.739. The van der Waals surface area contributed by atoms with Crippen LogP contribution in [0.4, 0.5) is 0 Å². The summed E-state index contributed by atoms with van der Waals surface area (Å²) < 4.78 is 7.57. The molecule has 3 aromatic heterocycles. The normalized spacial score (nSPS) is 13.8. The summed E-state index contributed by atoms with van der Waals surface area (Å²) in [5.74, 6) is 1.11. The molecule has 0 aliphatic heterocycles. The van der Waals surface area contributed by atoms with E-state index in [1.165, 1.54) is 6.42 Å². The highest BCUT2D eigenvalue weighted by atomic mass is 16.5. The van der Waals surface area contributed by atoms with Gasteiger partial charge in [0.05, 0.1) is 0 Å². The first kappa shape index (κ1) is 16.3. The number of pyridine rings is 2. The third-order valence-corrected chi connectivity index (χ3v) is 4.37. The lowest BCUT2D eigenvalue weighted by Crippen LogP contribution is -2.26. The molecule has 4 rings (SSSR count). The summed E-state index contributed by atoms with van der Waals surface area (Å²) in [5.41, 5.74) is 1.50. The summed E-state index contributed by atoms with van der Waals surface area (Å²) in [5, 5.41) is 2.92. The van der Waals surface area contributed by atoms with Gasteiger partial charge in [-0.1, -0.05) is 0 Å². The molecular weight excluding hydrogens is 330 g/mol. The number of imidazole rings is 1. The van der Waals surface area contributed by atoms with Gasteiger partial charge < -0.3 is 10.1 Å². The average molecular weight is 349 g/mol. The van der Waals surface area contributed by atoms with E-state index < -0.39 is 0 Å². The molecule has 7 heteroatoms. The number of amides is 1. The minimum Gasteiger partial charge on any atom is -0.474 e. The molecule has 0 spiro atoms. The van der Waals surface area contributed by atoms with Crippen molar-refractivity contribution in [1.82, 2.24) is 24.8 Å². The Bertz CT molecular complexity index is 890. The maximum Gasteiger partial charge on any atom is 0.251 e. The van der Waals surface area contributed by atoms with Crippen LogP contribution in [-0.2, 0) is 6.54 Å². The van der Waals surface area contributed by atoms with Crippen molar-refractivity contribution in [2.45, 2.75) is 31.9 Å². The summed E-state index contributed by atoms with van der Waals surface area (Å²) in [7, 11) is 0. The lowest BCUT2D eigenvalue weighted by Gasteiger charge is -2.25. The van der Waals surface area contributed by atoms with Crippen LogP contribution >= 0.6 is 0 Å². The molecule has 26 heavy (non-hydrogen) atoms. The molecule has 7 nitrogen and oxygen atoms in total. The number of ether oxygens (including phenoxy) is 1. The summed E-state index contributed by atoms with van der Waals surface area (Å²) in [4.78, 5) is 24.9. The molecule has 0 saturated heterocycles. The van der Waals surface area contributed by atoms with Crippen molar-refractivity contribution in [2.75, 3.05) is 0 Å². The van der Waals surface area contributed by atoms with Crippen LogP contribution in [0.15, 0.2) is 55.4 Å². The van der Waals surface area contributed by atoms with E-state index in [2.05, 4.69) is 20.3 Å². The van der Waals surface area contributed by atoms with E-state index in [-0.39, 0.29) is 12.0 Å². The van der Waals surface area contributed by atoms with E-state index in [4.69, 9.17) is 4.74 Å². The Morgan fingerprint density at radius 1 is 1.19 bits per heavy atom. The van der Waals surface area contributed by atoms with Crippen molar-refractivity contribution < 1.29 is 9.53 Å². The van der Waals surface area contributed by atoms with Gasteiger partial charge in [0.1, 0.15) is 18.2 Å². The van der Waals surface area contributed by atoms with Gasteiger partial charge in [0.2, 0.25) is 5.88 Å². The van der Waals surface area contributed by atoms with Crippen LogP contribution in [0.1, 0.15) is 35.2 Å². The Morgan fingerprint density at radius 2 is 2.08 bits per heavy atom. The van der Waals surface area contributed by atoms with E-state index in [1.807, 2.05) is 22.9 Å². The highest BCUT2D eigenvalue weighted by Gasteiger charge is 2.20. The fraction of sp³-hybridized carbons (Fsp3) is 0.263. The number of carbonyl (C=O) groups is 1. The average Bonchev–Trinajstić information content (AvgIpc) is 3.18. The third kappa shape index (κ3) is 3.72. The van der Waals surface area contributed by atoms with Crippen LogP contribution in [0, 0.1) is 0 Å². The number of carbonyl (C=O) groups excluding carboxylic acids is 1. The minimum atomic E-state index is -0.160. The zero-order valence-electron chi connectivity index (χ0n) is 14.2. The first-order chi connectivity index (χ1) is 12.8. The van der Waals surface area contributed by atoms with Gasteiger partial charge in [-0.3, -0.25) is 9.36 Å². The number of hydrogen-bond acceptors (Lipinski definition) is 5. The number of nitrogens with one attached hydrogen (secondary N) is 1. The molecule has 1 saturated carbocycles. The van der Waals surface area contributed by atoms with Crippen LogP contribution < -0.4 is 10.1 Å². The molecule has 0 bridgehead atoms. The van der Waals surface area contributed by atoms with Gasteiger partial charge in [-0.25, -0.2) is 15.0 Å². The van der Waals surface area contributed by atoms with Crippen molar-refractivity contribution in [3.05, 3.63) is 66.5 Å². The molecule has 1 aliphatic carbocycles. The van der Waals surface area contributed by atoms with Crippen molar-refractivity contribution in [1.29, 1.82) is 0 Å². The van der Waals surface area contributed by atoms with Gasteiger partial charge >= 0.3 is 0 Å². The van der Waals surface area contributed by atoms with Crippen molar-refractivity contribution in [3.63, 3.8) is 0 Å². The molecule has 0 aromatic carbocycles. The Labute approximate surface area is 151 Å². The lowest BCUT2D eigenvalue weighted by atomic mass is 9.96. The Balaban J connectivity index is 1.39. The molecule has 132 valence electrons. The van der Waals surface area contributed by atoms with E-state index in [9.17, 15) is 4.79 Å². The molecule has 1 amide bonds. The van der Waals surface area contributed by atoms with Gasteiger partial charge in [0, 0.05) is 43.0 Å². The summed E-state index contributed by atoms with van der Waals surface area (Å²) in [6.07, 6.45) is 12.1. The molecule has 0 atom stereocenters.